The first-order chi connectivity index (χ1) is 15.8. The standard InChI is InChI=1S/C32H66/c1-4-7-9-11-13-14-15-16-17-18-19-20-21-22-23-24-25-27-29-31-32(6-3)30-28-26-12-10-8-5-2/h32H,4-31H2,1-3H3. The first-order valence-corrected chi connectivity index (χ1v) is 15.8. The highest BCUT2D eigenvalue weighted by atomic mass is 14.1. The van der Waals surface area contributed by atoms with Crippen LogP contribution in [-0.2, 0) is 0 Å². The van der Waals surface area contributed by atoms with Gasteiger partial charge in [-0.3, -0.25) is 0 Å². The SMILES string of the molecule is CCCCCCCCCCCCCCCCCCCCCC(CC)CCCCCCCC. The van der Waals surface area contributed by atoms with E-state index in [-0.39, 0.29) is 0 Å². The average Bonchev–Trinajstić information content (AvgIpc) is 2.81. The van der Waals surface area contributed by atoms with E-state index in [1.807, 2.05) is 0 Å². The lowest BCUT2D eigenvalue weighted by molar-refractivity contribution is 0.392. The first-order valence-electron chi connectivity index (χ1n) is 15.8. The van der Waals surface area contributed by atoms with Crippen molar-refractivity contribution in [2.75, 3.05) is 0 Å². The summed E-state index contributed by atoms with van der Waals surface area (Å²) in [6.07, 6.45) is 41.3. The van der Waals surface area contributed by atoms with Gasteiger partial charge < -0.3 is 0 Å². The highest BCUT2D eigenvalue weighted by molar-refractivity contribution is 4.59. The molecular formula is C32H66. The summed E-state index contributed by atoms with van der Waals surface area (Å²) in [5, 5.41) is 0. The molecule has 0 radical (unpaired) electrons. The normalized spacial score (nSPS) is 12.5. The molecule has 0 heteroatoms. The van der Waals surface area contributed by atoms with Crippen molar-refractivity contribution in [3.05, 3.63) is 0 Å². The quantitative estimate of drug-likeness (QED) is 0.104. The molecule has 0 spiro atoms. The van der Waals surface area contributed by atoms with Crippen molar-refractivity contribution in [2.45, 2.75) is 201 Å². The summed E-state index contributed by atoms with van der Waals surface area (Å²) in [6.45, 7) is 7.03. The fourth-order valence-electron chi connectivity index (χ4n) is 5.28. The second-order valence-corrected chi connectivity index (χ2v) is 11.0. The van der Waals surface area contributed by atoms with E-state index >= 15 is 0 Å². The topological polar surface area (TPSA) is 0 Å². The molecule has 0 heterocycles. The van der Waals surface area contributed by atoms with Crippen molar-refractivity contribution in [2.24, 2.45) is 5.92 Å². The van der Waals surface area contributed by atoms with E-state index < -0.39 is 0 Å². The van der Waals surface area contributed by atoms with Crippen molar-refractivity contribution in [1.29, 1.82) is 0 Å². The van der Waals surface area contributed by atoms with E-state index in [0.29, 0.717) is 0 Å². The first kappa shape index (κ1) is 32.0. The van der Waals surface area contributed by atoms with E-state index in [9.17, 15) is 0 Å². The third-order valence-corrected chi connectivity index (χ3v) is 7.76. The van der Waals surface area contributed by atoms with Crippen molar-refractivity contribution in [3.8, 4) is 0 Å². The third-order valence-electron chi connectivity index (χ3n) is 7.76. The Morgan fingerprint density at radius 1 is 0.281 bits per heavy atom. The van der Waals surface area contributed by atoms with E-state index in [2.05, 4.69) is 20.8 Å². The Morgan fingerprint density at radius 3 is 0.719 bits per heavy atom. The molecular weight excluding hydrogens is 384 g/mol. The van der Waals surface area contributed by atoms with Gasteiger partial charge in [0.2, 0.25) is 0 Å². The van der Waals surface area contributed by atoms with Gasteiger partial charge in [0.15, 0.2) is 0 Å². The maximum atomic E-state index is 2.41. The molecule has 0 aromatic heterocycles. The van der Waals surface area contributed by atoms with Crippen LogP contribution in [0.2, 0.25) is 0 Å². The van der Waals surface area contributed by atoms with E-state index in [4.69, 9.17) is 0 Å². The van der Waals surface area contributed by atoms with Gasteiger partial charge in [-0.05, 0) is 5.92 Å². The largest absolute Gasteiger partial charge is 0.0654 e. The second kappa shape index (κ2) is 29.0. The fraction of sp³-hybridized carbons (Fsp3) is 1.00. The molecule has 0 aromatic carbocycles. The molecule has 0 aliphatic carbocycles. The molecule has 0 rings (SSSR count). The maximum absolute atomic E-state index is 2.41. The Bertz CT molecular complexity index is 307. The second-order valence-electron chi connectivity index (χ2n) is 11.0. The predicted octanol–water partition coefficient (Wildman–Crippen LogP) is 12.6. The Morgan fingerprint density at radius 2 is 0.500 bits per heavy atom. The lowest BCUT2D eigenvalue weighted by atomic mass is 9.92. The molecule has 0 amide bonds. The maximum Gasteiger partial charge on any atom is -0.0417 e. The van der Waals surface area contributed by atoms with Crippen molar-refractivity contribution >= 4 is 0 Å². The molecule has 0 bridgehead atoms. The number of hydrogen-bond acceptors (Lipinski definition) is 0. The summed E-state index contributed by atoms with van der Waals surface area (Å²) >= 11 is 0. The molecule has 32 heavy (non-hydrogen) atoms. The van der Waals surface area contributed by atoms with Gasteiger partial charge in [-0.15, -0.1) is 0 Å². The molecule has 1 unspecified atom stereocenters. The summed E-state index contributed by atoms with van der Waals surface area (Å²) < 4.78 is 0. The Balaban J connectivity index is 3.19. The molecule has 0 nitrogen and oxygen atoms in total. The van der Waals surface area contributed by atoms with Gasteiger partial charge in [0, 0.05) is 0 Å². The van der Waals surface area contributed by atoms with Gasteiger partial charge in [-0.2, -0.15) is 0 Å². The molecule has 0 saturated heterocycles. The average molecular weight is 451 g/mol. The zero-order valence-corrected chi connectivity index (χ0v) is 23.4. The number of hydrogen-bond donors (Lipinski definition) is 0. The lowest BCUT2D eigenvalue weighted by Crippen LogP contribution is -1.99. The molecule has 0 fully saturated rings. The van der Waals surface area contributed by atoms with Gasteiger partial charge in [-0.1, -0.05) is 201 Å². The van der Waals surface area contributed by atoms with Gasteiger partial charge in [-0.25, -0.2) is 0 Å². The molecule has 194 valence electrons. The molecule has 0 aromatic rings. The zero-order valence-electron chi connectivity index (χ0n) is 23.4. The summed E-state index contributed by atoms with van der Waals surface area (Å²) in [5.74, 6) is 1.02. The minimum atomic E-state index is 1.02. The van der Waals surface area contributed by atoms with Crippen LogP contribution in [0.1, 0.15) is 201 Å². The van der Waals surface area contributed by atoms with Crippen LogP contribution in [0.15, 0.2) is 0 Å². The van der Waals surface area contributed by atoms with Crippen LogP contribution in [0.25, 0.3) is 0 Å². The highest BCUT2D eigenvalue weighted by Crippen LogP contribution is 2.22. The number of rotatable bonds is 28. The molecule has 0 saturated carbocycles. The molecule has 0 N–H and O–H groups in total. The summed E-state index contributed by atoms with van der Waals surface area (Å²) in [7, 11) is 0. The van der Waals surface area contributed by atoms with Gasteiger partial charge in [0.05, 0.1) is 0 Å². The van der Waals surface area contributed by atoms with Crippen LogP contribution in [0.3, 0.4) is 0 Å². The monoisotopic (exact) mass is 451 g/mol. The van der Waals surface area contributed by atoms with E-state index in [0.717, 1.165) is 5.92 Å². The summed E-state index contributed by atoms with van der Waals surface area (Å²) in [6, 6.07) is 0. The predicted molar refractivity (Wildman–Crippen MR) is 150 cm³/mol. The van der Waals surface area contributed by atoms with Crippen LogP contribution in [0.4, 0.5) is 0 Å². The Hall–Kier alpha value is 0. The molecule has 1 atom stereocenters. The van der Waals surface area contributed by atoms with E-state index in [1.165, 1.54) is 180 Å². The van der Waals surface area contributed by atoms with Crippen LogP contribution < -0.4 is 0 Å². The minimum Gasteiger partial charge on any atom is -0.0654 e. The molecule has 0 aliphatic rings. The third kappa shape index (κ3) is 26.3. The van der Waals surface area contributed by atoms with Crippen molar-refractivity contribution < 1.29 is 0 Å². The Kier molecular flexibility index (Phi) is 29.0. The van der Waals surface area contributed by atoms with Crippen LogP contribution in [-0.4, -0.2) is 0 Å². The van der Waals surface area contributed by atoms with Crippen LogP contribution >= 0.6 is 0 Å². The van der Waals surface area contributed by atoms with Gasteiger partial charge in [0.25, 0.3) is 0 Å². The number of unbranched alkanes of at least 4 members (excludes halogenated alkanes) is 23. The highest BCUT2D eigenvalue weighted by Gasteiger charge is 2.06. The van der Waals surface area contributed by atoms with Gasteiger partial charge >= 0.3 is 0 Å². The van der Waals surface area contributed by atoms with E-state index in [1.54, 1.807) is 0 Å². The Labute approximate surface area is 206 Å². The van der Waals surface area contributed by atoms with Gasteiger partial charge in [0.1, 0.15) is 0 Å². The smallest absolute Gasteiger partial charge is 0.0417 e. The zero-order chi connectivity index (χ0) is 23.4. The lowest BCUT2D eigenvalue weighted by Gasteiger charge is -2.14. The summed E-state index contributed by atoms with van der Waals surface area (Å²) in [5.41, 5.74) is 0. The molecule has 0 aliphatic heterocycles. The fourth-order valence-corrected chi connectivity index (χ4v) is 5.28. The minimum absolute atomic E-state index is 1.02. The van der Waals surface area contributed by atoms with Crippen LogP contribution in [0.5, 0.6) is 0 Å². The van der Waals surface area contributed by atoms with Crippen LogP contribution in [0, 0.1) is 5.92 Å². The summed E-state index contributed by atoms with van der Waals surface area (Å²) in [4.78, 5) is 0. The van der Waals surface area contributed by atoms with Crippen molar-refractivity contribution in [3.63, 3.8) is 0 Å². The van der Waals surface area contributed by atoms with Crippen molar-refractivity contribution in [1.82, 2.24) is 0 Å².